The summed E-state index contributed by atoms with van der Waals surface area (Å²) in [6, 6.07) is 5.37. The van der Waals surface area contributed by atoms with E-state index < -0.39 is 0 Å². The highest BCUT2D eigenvalue weighted by Crippen LogP contribution is 2.34. The molecular formula is C16H21N3O4. The number of hydrogen-bond acceptors (Lipinski definition) is 4. The van der Waals surface area contributed by atoms with Gasteiger partial charge in [-0.25, -0.2) is 4.79 Å². The number of nitrogens with zero attached hydrogens (tertiary/aromatic N) is 1. The number of piperidine rings is 1. The number of carbonyl (C=O) groups is 2. The molecule has 2 aliphatic rings. The van der Waals surface area contributed by atoms with E-state index in [2.05, 4.69) is 5.32 Å². The minimum Gasteiger partial charge on any atom is -0.454 e. The van der Waals surface area contributed by atoms with E-state index in [-0.39, 0.29) is 30.7 Å². The lowest BCUT2D eigenvalue weighted by Crippen LogP contribution is -2.46. The molecule has 0 aliphatic carbocycles. The van der Waals surface area contributed by atoms with Crippen molar-refractivity contribution in [1.29, 1.82) is 0 Å². The van der Waals surface area contributed by atoms with Crippen LogP contribution in [-0.4, -0.2) is 36.7 Å². The second-order valence-corrected chi connectivity index (χ2v) is 5.95. The molecule has 7 heteroatoms. The van der Waals surface area contributed by atoms with E-state index in [4.69, 9.17) is 15.2 Å². The monoisotopic (exact) mass is 319 g/mol. The van der Waals surface area contributed by atoms with Gasteiger partial charge in [0.2, 0.25) is 12.7 Å². The first-order valence-corrected chi connectivity index (χ1v) is 7.79. The highest BCUT2D eigenvalue weighted by atomic mass is 16.7. The van der Waals surface area contributed by atoms with Crippen LogP contribution in [0.5, 0.6) is 11.5 Å². The number of amides is 3. The maximum atomic E-state index is 12.3. The van der Waals surface area contributed by atoms with Crippen molar-refractivity contribution in [3.63, 3.8) is 0 Å². The molecule has 0 bridgehead atoms. The number of fused-ring (bicyclic) bond motifs is 1. The topological polar surface area (TPSA) is 93.9 Å². The van der Waals surface area contributed by atoms with Crippen LogP contribution in [0, 0.1) is 5.92 Å². The van der Waals surface area contributed by atoms with Gasteiger partial charge in [0, 0.05) is 19.0 Å². The number of nitrogens with one attached hydrogen (secondary N) is 1. The van der Waals surface area contributed by atoms with Crippen molar-refractivity contribution in [3.05, 3.63) is 23.8 Å². The summed E-state index contributed by atoms with van der Waals surface area (Å²) in [5.74, 6) is 1.02. The Morgan fingerprint density at radius 3 is 2.65 bits per heavy atom. The Kier molecular flexibility index (Phi) is 4.27. The molecule has 1 fully saturated rings. The van der Waals surface area contributed by atoms with E-state index in [9.17, 15) is 9.59 Å². The second kappa shape index (κ2) is 6.36. The van der Waals surface area contributed by atoms with Gasteiger partial charge in [-0.05, 0) is 37.5 Å². The molecule has 0 aromatic heterocycles. The summed E-state index contributed by atoms with van der Waals surface area (Å²) in [4.78, 5) is 25.2. The number of carbonyl (C=O) groups excluding carboxylic acids is 2. The highest BCUT2D eigenvalue weighted by Gasteiger charge is 2.26. The van der Waals surface area contributed by atoms with Crippen LogP contribution in [0.25, 0.3) is 0 Å². The van der Waals surface area contributed by atoms with Crippen LogP contribution in [0.15, 0.2) is 18.2 Å². The molecule has 23 heavy (non-hydrogen) atoms. The SMILES string of the molecule is C[C@@H](NC(=O)N1CCC(C(N)=O)CC1)c1ccc2c(c1)OCO2. The number of likely N-dealkylation sites (tertiary alicyclic amines) is 1. The van der Waals surface area contributed by atoms with Gasteiger partial charge in [0.1, 0.15) is 0 Å². The number of hydrogen-bond donors (Lipinski definition) is 2. The van der Waals surface area contributed by atoms with Gasteiger partial charge < -0.3 is 25.4 Å². The molecule has 1 aromatic rings. The molecular weight excluding hydrogens is 298 g/mol. The fourth-order valence-corrected chi connectivity index (χ4v) is 2.91. The van der Waals surface area contributed by atoms with E-state index in [1.54, 1.807) is 4.90 Å². The number of ether oxygens (including phenoxy) is 2. The van der Waals surface area contributed by atoms with Crippen molar-refractivity contribution >= 4 is 11.9 Å². The standard InChI is InChI=1S/C16H21N3O4/c1-10(12-2-3-13-14(8-12)23-9-22-13)18-16(21)19-6-4-11(5-7-19)15(17)20/h2-3,8,10-11H,4-7,9H2,1H3,(H2,17,20)(H,18,21)/t10-/m1/s1. The van der Waals surface area contributed by atoms with Crippen LogP contribution in [0.2, 0.25) is 0 Å². The van der Waals surface area contributed by atoms with Crippen LogP contribution >= 0.6 is 0 Å². The molecule has 3 amide bonds. The predicted molar refractivity (Wildman–Crippen MR) is 83.0 cm³/mol. The number of rotatable bonds is 3. The lowest BCUT2D eigenvalue weighted by atomic mass is 9.96. The number of nitrogens with two attached hydrogens (primary N) is 1. The Morgan fingerprint density at radius 1 is 1.26 bits per heavy atom. The van der Waals surface area contributed by atoms with E-state index in [0.717, 1.165) is 11.3 Å². The second-order valence-electron chi connectivity index (χ2n) is 5.95. The van der Waals surface area contributed by atoms with Gasteiger partial charge in [-0.2, -0.15) is 0 Å². The number of urea groups is 1. The summed E-state index contributed by atoms with van der Waals surface area (Å²) in [5, 5.41) is 2.98. The molecule has 1 saturated heterocycles. The molecule has 0 radical (unpaired) electrons. The van der Waals surface area contributed by atoms with E-state index in [1.165, 1.54) is 0 Å². The summed E-state index contributed by atoms with van der Waals surface area (Å²) in [6.45, 7) is 3.25. The molecule has 0 spiro atoms. The van der Waals surface area contributed by atoms with Crippen molar-refractivity contribution in [2.24, 2.45) is 11.7 Å². The Morgan fingerprint density at radius 2 is 1.96 bits per heavy atom. The maximum Gasteiger partial charge on any atom is 0.317 e. The van der Waals surface area contributed by atoms with E-state index >= 15 is 0 Å². The van der Waals surface area contributed by atoms with Gasteiger partial charge in [0.25, 0.3) is 0 Å². The van der Waals surface area contributed by atoms with Crippen molar-refractivity contribution in [1.82, 2.24) is 10.2 Å². The maximum absolute atomic E-state index is 12.3. The van der Waals surface area contributed by atoms with Gasteiger partial charge in [-0.3, -0.25) is 4.79 Å². The first-order valence-electron chi connectivity index (χ1n) is 7.79. The molecule has 0 unspecified atom stereocenters. The number of benzene rings is 1. The molecule has 2 aliphatic heterocycles. The summed E-state index contributed by atoms with van der Waals surface area (Å²) >= 11 is 0. The van der Waals surface area contributed by atoms with Crippen molar-refractivity contribution in [2.75, 3.05) is 19.9 Å². The summed E-state index contributed by atoms with van der Waals surface area (Å²) < 4.78 is 10.6. The average molecular weight is 319 g/mol. The molecule has 7 nitrogen and oxygen atoms in total. The van der Waals surface area contributed by atoms with Crippen molar-refractivity contribution in [2.45, 2.75) is 25.8 Å². The minimum atomic E-state index is -0.279. The van der Waals surface area contributed by atoms with Crippen LogP contribution in [0.4, 0.5) is 4.79 Å². The fraction of sp³-hybridized carbons (Fsp3) is 0.500. The molecule has 2 heterocycles. The Bertz CT molecular complexity index is 611. The zero-order valence-corrected chi connectivity index (χ0v) is 13.1. The normalized spacial score (nSPS) is 18.6. The molecule has 0 saturated carbocycles. The average Bonchev–Trinajstić information content (AvgIpc) is 3.02. The van der Waals surface area contributed by atoms with E-state index in [0.29, 0.717) is 31.7 Å². The quantitative estimate of drug-likeness (QED) is 0.880. The van der Waals surface area contributed by atoms with Crippen LogP contribution in [0.1, 0.15) is 31.4 Å². The van der Waals surface area contributed by atoms with Crippen LogP contribution in [0.3, 0.4) is 0 Å². The largest absolute Gasteiger partial charge is 0.454 e. The van der Waals surface area contributed by atoms with Crippen molar-refractivity contribution in [3.8, 4) is 11.5 Å². The fourth-order valence-electron chi connectivity index (χ4n) is 2.91. The van der Waals surface area contributed by atoms with Gasteiger partial charge >= 0.3 is 6.03 Å². The molecule has 1 atom stereocenters. The Balaban J connectivity index is 1.56. The summed E-state index contributed by atoms with van der Waals surface area (Å²) in [5.41, 5.74) is 6.26. The predicted octanol–water partition coefficient (Wildman–Crippen LogP) is 1.38. The molecule has 3 N–H and O–H groups in total. The third kappa shape index (κ3) is 3.33. The van der Waals surface area contributed by atoms with Crippen LogP contribution in [-0.2, 0) is 4.79 Å². The Hall–Kier alpha value is -2.44. The molecule has 124 valence electrons. The van der Waals surface area contributed by atoms with E-state index in [1.807, 2.05) is 25.1 Å². The summed E-state index contributed by atoms with van der Waals surface area (Å²) in [6.07, 6.45) is 1.25. The minimum absolute atomic E-state index is 0.120. The first-order chi connectivity index (χ1) is 11.0. The van der Waals surface area contributed by atoms with Gasteiger partial charge in [-0.15, -0.1) is 0 Å². The Labute approximate surface area is 134 Å². The smallest absolute Gasteiger partial charge is 0.317 e. The van der Waals surface area contributed by atoms with Gasteiger partial charge in [0.15, 0.2) is 11.5 Å². The molecule has 3 rings (SSSR count). The summed E-state index contributed by atoms with van der Waals surface area (Å²) in [7, 11) is 0. The lowest BCUT2D eigenvalue weighted by Gasteiger charge is -2.31. The lowest BCUT2D eigenvalue weighted by molar-refractivity contribution is -0.123. The zero-order valence-electron chi connectivity index (χ0n) is 13.1. The van der Waals surface area contributed by atoms with Crippen LogP contribution < -0.4 is 20.5 Å². The third-order valence-corrected chi connectivity index (χ3v) is 4.42. The molecule has 1 aromatic carbocycles. The highest BCUT2D eigenvalue weighted by molar-refractivity contribution is 5.78. The third-order valence-electron chi connectivity index (χ3n) is 4.42. The van der Waals surface area contributed by atoms with Crippen molar-refractivity contribution < 1.29 is 19.1 Å². The first kappa shape index (κ1) is 15.5. The number of primary amides is 1. The van der Waals surface area contributed by atoms with Gasteiger partial charge in [-0.1, -0.05) is 6.07 Å². The van der Waals surface area contributed by atoms with Gasteiger partial charge in [0.05, 0.1) is 6.04 Å². The zero-order chi connectivity index (χ0) is 16.4.